The first-order valence-corrected chi connectivity index (χ1v) is 4.66. The van der Waals surface area contributed by atoms with E-state index in [0.717, 1.165) is 15.7 Å². The lowest BCUT2D eigenvalue weighted by Crippen LogP contribution is -1.84. The van der Waals surface area contributed by atoms with Gasteiger partial charge in [-0.1, -0.05) is 0 Å². The third-order valence-electron chi connectivity index (χ3n) is 1.78. The molecular weight excluding hydrogens is 230 g/mol. The van der Waals surface area contributed by atoms with Gasteiger partial charge in [0, 0.05) is 31.2 Å². The summed E-state index contributed by atoms with van der Waals surface area (Å²) in [7, 11) is 1.90. The van der Waals surface area contributed by atoms with Gasteiger partial charge in [0.1, 0.15) is 4.60 Å². The van der Waals surface area contributed by atoms with E-state index >= 15 is 0 Å². The van der Waals surface area contributed by atoms with Crippen molar-refractivity contribution in [1.29, 1.82) is 0 Å². The number of hydrogen-bond donors (Lipinski definition) is 0. The molecule has 2 rings (SSSR count). The molecule has 0 bridgehead atoms. The molecule has 2 aromatic rings. The van der Waals surface area contributed by atoms with Gasteiger partial charge in [0.05, 0.1) is 0 Å². The summed E-state index contributed by atoms with van der Waals surface area (Å²) in [6, 6.07) is 3.92. The van der Waals surface area contributed by atoms with Crippen LogP contribution in [0.1, 0.15) is 0 Å². The Bertz CT molecular complexity index is 408. The van der Waals surface area contributed by atoms with E-state index < -0.39 is 0 Å². The Morgan fingerprint density at radius 2 is 2.00 bits per heavy atom. The molecule has 2 heterocycles. The molecule has 0 atom stereocenters. The van der Waals surface area contributed by atoms with Crippen LogP contribution in [0.3, 0.4) is 0 Å². The number of aromatic nitrogens is 3. The minimum atomic E-state index is 0.862. The van der Waals surface area contributed by atoms with Gasteiger partial charge in [0.2, 0.25) is 0 Å². The van der Waals surface area contributed by atoms with Crippen LogP contribution in [0.2, 0.25) is 0 Å². The van der Waals surface area contributed by atoms with Crippen LogP contribution in [0.15, 0.2) is 35.3 Å². The number of aryl methyl sites for hydroxylation is 1. The van der Waals surface area contributed by atoms with Crippen molar-refractivity contribution in [3.05, 3.63) is 35.3 Å². The van der Waals surface area contributed by atoms with E-state index in [1.165, 1.54) is 0 Å². The molecule has 4 heteroatoms. The van der Waals surface area contributed by atoms with E-state index in [9.17, 15) is 0 Å². The quantitative estimate of drug-likeness (QED) is 0.762. The van der Waals surface area contributed by atoms with Gasteiger partial charge in [-0.3, -0.25) is 9.67 Å². The fourth-order valence-electron chi connectivity index (χ4n) is 1.19. The van der Waals surface area contributed by atoms with E-state index in [2.05, 4.69) is 26.0 Å². The summed E-state index contributed by atoms with van der Waals surface area (Å²) in [5.41, 5.74) is 2.21. The standard InChI is InChI=1S/C9H8BrN3/c1-13-6-8(9(10)12-13)7-2-4-11-5-3-7/h2-6H,1H3. The molecule has 0 aliphatic rings. The van der Waals surface area contributed by atoms with Crippen molar-refractivity contribution < 1.29 is 0 Å². The second kappa shape index (κ2) is 3.30. The maximum absolute atomic E-state index is 4.20. The second-order valence-electron chi connectivity index (χ2n) is 2.74. The zero-order chi connectivity index (χ0) is 9.26. The molecule has 13 heavy (non-hydrogen) atoms. The van der Waals surface area contributed by atoms with Crippen LogP contribution >= 0.6 is 15.9 Å². The fraction of sp³-hybridized carbons (Fsp3) is 0.111. The monoisotopic (exact) mass is 237 g/mol. The first-order valence-electron chi connectivity index (χ1n) is 3.87. The van der Waals surface area contributed by atoms with Crippen molar-refractivity contribution in [2.45, 2.75) is 0 Å². The summed E-state index contributed by atoms with van der Waals surface area (Å²) in [5.74, 6) is 0. The van der Waals surface area contributed by atoms with Gasteiger partial charge in [-0.25, -0.2) is 0 Å². The van der Waals surface area contributed by atoms with Gasteiger partial charge in [0.15, 0.2) is 0 Å². The Morgan fingerprint density at radius 1 is 1.31 bits per heavy atom. The average molecular weight is 238 g/mol. The Labute approximate surface area is 84.5 Å². The van der Waals surface area contributed by atoms with Crippen LogP contribution in [0, 0.1) is 0 Å². The first kappa shape index (κ1) is 8.44. The smallest absolute Gasteiger partial charge is 0.135 e. The topological polar surface area (TPSA) is 30.7 Å². The normalized spacial score (nSPS) is 10.3. The van der Waals surface area contributed by atoms with Crippen LogP contribution in [-0.4, -0.2) is 14.8 Å². The number of rotatable bonds is 1. The van der Waals surface area contributed by atoms with Crippen molar-refractivity contribution in [3.8, 4) is 11.1 Å². The van der Waals surface area contributed by atoms with Gasteiger partial charge in [-0.05, 0) is 33.6 Å². The third kappa shape index (κ3) is 1.62. The summed E-state index contributed by atoms with van der Waals surface area (Å²) in [5, 5.41) is 4.20. The zero-order valence-corrected chi connectivity index (χ0v) is 8.69. The van der Waals surface area contributed by atoms with E-state index in [4.69, 9.17) is 0 Å². The molecule has 0 unspecified atom stereocenters. The minimum absolute atomic E-state index is 0.862. The van der Waals surface area contributed by atoms with E-state index in [1.807, 2.05) is 25.4 Å². The Hall–Kier alpha value is -1.16. The van der Waals surface area contributed by atoms with E-state index in [0.29, 0.717) is 0 Å². The predicted octanol–water partition coefficient (Wildman–Crippen LogP) is 2.24. The average Bonchev–Trinajstić information content (AvgIpc) is 2.47. The van der Waals surface area contributed by atoms with Crippen molar-refractivity contribution in [3.63, 3.8) is 0 Å². The van der Waals surface area contributed by atoms with Gasteiger partial charge < -0.3 is 0 Å². The van der Waals surface area contributed by atoms with Crippen LogP contribution < -0.4 is 0 Å². The molecule has 0 N–H and O–H groups in total. The first-order chi connectivity index (χ1) is 6.27. The third-order valence-corrected chi connectivity index (χ3v) is 2.36. The molecule has 0 fully saturated rings. The number of nitrogens with zero attached hydrogens (tertiary/aromatic N) is 3. The lowest BCUT2D eigenvalue weighted by Gasteiger charge is -1.94. The largest absolute Gasteiger partial charge is 0.274 e. The highest BCUT2D eigenvalue weighted by molar-refractivity contribution is 9.10. The Morgan fingerprint density at radius 3 is 2.54 bits per heavy atom. The highest BCUT2D eigenvalue weighted by atomic mass is 79.9. The van der Waals surface area contributed by atoms with Crippen molar-refractivity contribution >= 4 is 15.9 Å². The molecule has 0 saturated carbocycles. The van der Waals surface area contributed by atoms with Crippen molar-refractivity contribution in [1.82, 2.24) is 14.8 Å². The summed E-state index contributed by atoms with van der Waals surface area (Å²) in [6.07, 6.45) is 5.52. The second-order valence-corrected chi connectivity index (χ2v) is 3.49. The zero-order valence-electron chi connectivity index (χ0n) is 7.11. The molecule has 2 aromatic heterocycles. The highest BCUT2D eigenvalue weighted by Gasteiger charge is 2.05. The van der Waals surface area contributed by atoms with Gasteiger partial charge in [0.25, 0.3) is 0 Å². The van der Waals surface area contributed by atoms with Crippen LogP contribution in [-0.2, 0) is 7.05 Å². The van der Waals surface area contributed by atoms with Crippen molar-refractivity contribution in [2.75, 3.05) is 0 Å². The minimum Gasteiger partial charge on any atom is -0.274 e. The summed E-state index contributed by atoms with van der Waals surface area (Å²) < 4.78 is 2.64. The molecule has 0 aliphatic carbocycles. The molecule has 0 saturated heterocycles. The number of halogens is 1. The molecular formula is C9H8BrN3. The number of hydrogen-bond acceptors (Lipinski definition) is 2. The van der Waals surface area contributed by atoms with E-state index in [1.54, 1.807) is 17.1 Å². The summed E-state index contributed by atoms with van der Waals surface area (Å²) in [4.78, 5) is 3.96. The summed E-state index contributed by atoms with van der Waals surface area (Å²) in [6.45, 7) is 0. The molecule has 0 radical (unpaired) electrons. The van der Waals surface area contributed by atoms with Crippen molar-refractivity contribution in [2.24, 2.45) is 7.05 Å². The highest BCUT2D eigenvalue weighted by Crippen LogP contribution is 2.25. The Balaban J connectivity index is 2.53. The molecule has 0 amide bonds. The molecule has 3 nitrogen and oxygen atoms in total. The maximum atomic E-state index is 4.20. The lowest BCUT2D eigenvalue weighted by molar-refractivity contribution is 0.760. The lowest BCUT2D eigenvalue weighted by atomic mass is 10.1. The van der Waals surface area contributed by atoms with Gasteiger partial charge in [-0.15, -0.1) is 0 Å². The van der Waals surface area contributed by atoms with Crippen LogP contribution in [0.25, 0.3) is 11.1 Å². The van der Waals surface area contributed by atoms with Gasteiger partial charge in [-0.2, -0.15) is 5.10 Å². The molecule has 66 valence electrons. The SMILES string of the molecule is Cn1cc(-c2ccncc2)c(Br)n1. The number of pyridine rings is 1. The van der Waals surface area contributed by atoms with E-state index in [-0.39, 0.29) is 0 Å². The summed E-state index contributed by atoms with van der Waals surface area (Å²) >= 11 is 3.40. The maximum Gasteiger partial charge on any atom is 0.135 e. The molecule has 0 aromatic carbocycles. The molecule has 0 spiro atoms. The molecule has 0 aliphatic heterocycles. The Kier molecular flexibility index (Phi) is 2.14. The fourth-order valence-corrected chi connectivity index (χ4v) is 1.77. The van der Waals surface area contributed by atoms with Crippen LogP contribution in [0.4, 0.5) is 0 Å². The predicted molar refractivity (Wildman–Crippen MR) is 54.1 cm³/mol. The van der Waals surface area contributed by atoms with Crippen LogP contribution in [0.5, 0.6) is 0 Å². The van der Waals surface area contributed by atoms with Gasteiger partial charge >= 0.3 is 0 Å².